The predicted octanol–water partition coefficient (Wildman–Crippen LogP) is 0.450. The molecule has 1 aliphatic rings. The molecule has 2 N–H and O–H groups in total. The van der Waals surface area contributed by atoms with Crippen LogP contribution in [0.1, 0.15) is 4.88 Å². The van der Waals surface area contributed by atoms with E-state index in [9.17, 15) is 0 Å². The summed E-state index contributed by atoms with van der Waals surface area (Å²) in [5.41, 5.74) is 5.55. The quantitative estimate of drug-likeness (QED) is 0.789. The van der Waals surface area contributed by atoms with Crippen LogP contribution in [0.2, 0.25) is 0 Å². The molecule has 15 heavy (non-hydrogen) atoms. The third-order valence-corrected chi connectivity index (χ3v) is 3.06. The second-order valence-electron chi connectivity index (χ2n) is 3.39. The van der Waals surface area contributed by atoms with Gasteiger partial charge < -0.3 is 10.5 Å². The molecule has 5 nitrogen and oxygen atoms in total. The van der Waals surface area contributed by atoms with Gasteiger partial charge in [-0.05, 0) is 0 Å². The zero-order valence-corrected chi connectivity index (χ0v) is 9.04. The number of morpholine rings is 1. The maximum atomic E-state index is 8.75. The first-order chi connectivity index (χ1) is 7.28. The molecule has 80 valence electrons. The number of nitrogen functional groups attached to an aromatic ring is 1. The second-order valence-corrected chi connectivity index (χ2v) is 4.54. The summed E-state index contributed by atoms with van der Waals surface area (Å²) in [5.74, 6) is 0. The van der Waals surface area contributed by atoms with Gasteiger partial charge in [0.2, 0.25) is 0 Å². The van der Waals surface area contributed by atoms with Gasteiger partial charge in [0.15, 0.2) is 11.2 Å². The number of nitrogens with zero attached hydrogens (tertiary/aromatic N) is 3. The van der Waals surface area contributed by atoms with Crippen LogP contribution in [-0.4, -0.2) is 35.7 Å². The number of rotatable bonds is 2. The summed E-state index contributed by atoms with van der Waals surface area (Å²) in [7, 11) is 0. The zero-order chi connectivity index (χ0) is 10.7. The Morgan fingerprint density at radius 2 is 2.67 bits per heavy atom. The van der Waals surface area contributed by atoms with E-state index in [2.05, 4.69) is 16.0 Å². The van der Waals surface area contributed by atoms with Gasteiger partial charge in [0.1, 0.15) is 0 Å². The SMILES string of the molecule is N#CC1CN(Cc2cnc(N)s2)CCO1. The highest BCUT2D eigenvalue weighted by Gasteiger charge is 2.20. The van der Waals surface area contributed by atoms with E-state index in [4.69, 9.17) is 15.7 Å². The molecule has 1 atom stereocenters. The van der Waals surface area contributed by atoms with Crippen LogP contribution < -0.4 is 5.73 Å². The number of hydrogen-bond acceptors (Lipinski definition) is 6. The van der Waals surface area contributed by atoms with E-state index in [-0.39, 0.29) is 6.10 Å². The summed E-state index contributed by atoms with van der Waals surface area (Å²) in [6.07, 6.45) is 1.49. The van der Waals surface area contributed by atoms with E-state index < -0.39 is 0 Å². The summed E-state index contributed by atoms with van der Waals surface area (Å²) >= 11 is 1.49. The summed E-state index contributed by atoms with van der Waals surface area (Å²) in [6, 6.07) is 2.12. The number of anilines is 1. The molecule has 2 rings (SSSR count). The van der Waals surface area contributed by atoms with Crippen molar-refractivity contribution in [3.8, 4) is 6.07 Å². The first-order valence-electron chi connectivity index (χ1n) is 4.71. The molecule has 6 heteroatoms. The predicted molar refractivity (Wildman–Crippen MR) is 57.2 cm³/mol. The van der Waals surface area contributed by atoms with Gasteiger partial charge in [-0.1, -0.05) is 0 Å². The molecule has 1 fully saturated rings. The van der Waals surface area contributed by atoms with Crippen molar-refractivity contribution in [3.63, 3.8) is 0 Å². The standard InChI is InChI=1S/C9H12N4OS/c10-3-7-5-13(1-2-14-7)6-8-4-12-9(11)15-8/h4,7H,1-2,5-6H2,(H2,11,12). The fourth-order valence-electron chi connectivity index (χ4n) is 1.54. The Labute approximate surface area is 92.1 Å². The molecule has 0 aromatic carbocycles. The number of ether oxygens (including phenoxy) is 1. The molecule has 1 aliphatic heterocycles. The van der Waals surface area contributed by atoms with Crippen molar-refractivity contribution in [3.05, 3.63) is 11.1 Å². The Bertz CT molecular complexity index is 372. The van der Waals surface area contributed by atoms with Gasteiger partial charge in [0, 0.05) is 30.7 Å². The molecule has 0 bridgehead atoms. The Hall–Kier alpha value is -1.16. The number of hydrogen-bond donors (Lipinski definition) is 1. The van der Waals surface area contributed by atoms with Crippen LogP contribution in [0.15, 0.2) is 6.20 Å². The van der Waals surface area contributed by atoms with Gasteiger partial charge >= 0.3 is 0 Å². The average molecular weight is 224 g/mol. The summed E-state index contributed by atoms with van der Waals surface area (Å²) < 4.78 is 5.26. The molecule has 2 heterocycles. The molecule has 0 amide bonds. The molecule has 1 aromatic rings. The molecule has 1 unspecified atom stereocenters. The van der Waals surface area contributed by atoms with Crippen molar-refractivity contribution in [1.82, 2.24) is 9.88 Å². The number of aromatic nitrogens is 1. The molecule has 0 saturated carbocycles. The van der Waals surface area contributed by atoms with Gasteiger partial charge in [-0.3, -0.25) is 4.90 Å². The fraction of sp³-hybridized carbons (Fsp3) is 0.556. The Balaban J connectivity index is 1.92. The van der Waals surface area contributed by atoms with Crippen LogP contribution >= 0.6 is 11.3 Å². The normalized spacial score (nSPS) is 22.5. The fourth-order valence-corrected chi connectivity index (χ4v) is 2.27. The Morgan fingerprint density at radius 1 is 1.80 bits per heavy atom. The van der Waals surface area contributed by atoms with Crippen molar-refractivity contribution >= 4 is 16.5 Å². The molecule has 0 spiro atoms. The molecular weight excluding hydrogens is 212 g/mol. The minimum absolute atomic E-state index is 0.302. The highest BCUT2D eigenvalue weighted by Crippen LogP contribution is 2.17. The van der Waals surface area contributed by atoms with Gasteiger partial charge in [0.05, 0.1) is 12.7 Å². The van der Waals surface area contributed by atoms with Crippen LogP contribution in [0.5, 0.6) is 0 Å². The van der Waals surface area contributed by atoms with E-state index in [1.165, 1.54) is 11.3 Å². The van der Waals surface area contributed by atoms with Gasteiger partial charge in [-0.2, -0.15) is 5.26 Å². The lowest BCUT2D eigenvalue weighted by Gasteiger charge is -2.28. The average Bonchev–Trinajstić information content (AvgIpc) is 2.64. The monoisotopic (exact) mass is 224 g/mol. The molecule has 0 radical (unpaired) electrons. The van der Waals surface area contributed by atoms with Crippen LogP contribution in [0, 0.1) is 11.3 Å². The lowest BCUT2D eigenvalue weighted by molar-refractivity contribution is -0.00234. The van der Waals surface area contributed by atoms with E-state index >= 15 is 0 Å². The third-order valence-electron chi connectivity index (χ3n) is 2.25. The van der Waals surface area contributed by atoms with Crippen LogP contribution in [0.3, 0.4) is 0 Å². The minimum atomic E-state index is -0.302. The topological polar surface area (TPSA) is 75.2 Å². The summed E-state index contributed by atoms with van der Waals surface area (Å²) in [4.78, 5) is 7.31. The highest BCUT2D eigenvalue weighted by atomic mass is 32.1. The lowest BCUT2D eigenvalue weighted by atomic mass is 10.3. The maximum absolute atomic E-state index is 8.75. The van der Waals surface area contributed by atoms with Crippen LogP contribution in [0.25, 0.3) is 0 Å². The van der Waals surface area contributed by atoms with Crippen molar-refractivity contribution in [2.45, 2.75) is 12.6 Å². The molecule has 1 saturated heterocycles. The van der Waals surface area contributed by atoms with E-state index in [1.54, 1.807) is 6.20 Å². The van der Waals surface area contributed by atoms with Crippen molar-refractivity contribution in [2.24, 2.45) is 0 Å². The minimum Gasteiger partial charge on any atom is -0.375 e. The summed E-state index contributed by atoms with van der Waals surface area (Å²) in [5, 5.41) is 9.34. The second kappa shape index (κ2) is 4.57. The zero-order valence-electron chi connectivity index (χ0n) is 8.22. The van der Waals surface area contributed by atoms with E-state index in [1.807, 2.05) is 0 Å². The number of nitriles is 1. The van der Waals surface area contributed by atoms with Gasteiger partial charge in [-0.25, -0.2) is 4.98 Å². The molecule has 1 aromatic heterocycles. The van der Waals surface area contributed by atoms with Crippen LogP contribution in [0.4, 0.5) is 5.13 Å². The molecule has 0 aliphatic carbocycles. The number of thiazole rings is 1. The van der Waals surface area contributed by atoms with Gasteiger partial charge in [-0.15, -0.1) is 11.3 Å². The van der Waals surface area contributed by atoms with Gasteiger partial charge in [0.25, 0.3) is 0 Å². The maximum Gasteiger partial charge on any atom is 0.180 e. The number of nitrogens with two attached hydrogens (primary N) is 1. The largest absolute Gasteiger partial charge is 0.375 e. The highest BCUT2D eigenvalue weighted by molar-refractivity contribution is 7.15. The van der Waals surface area contributed by atoms with Crippen molar-refractivity contribution in [2.75, 3.05) is 25.4 Å². The Kier molecular flexibility index (Phi) is 3.16. The Morgan fingerprint density at radius 3 is 3.33 bits per heavy atom. The van der Waals surface area contributed by atoms with E-state index in [0.29, 0.717) is 18.3 Å². The smallest absolute Gasteiger partial charge is 0.180 e. The van der Waals surface area contributed by atoms with Crippen LogP contribution in [-0.2, 0) is 11.3 Å². The van der Waals surface area contributed by atoms with E-state index in [0.717, 1.165) is 18.0 Å². The van der Waals surface area contributed by atoms with Crippen molar-refractivity contribution < 1.29 is 4.74 Å². The molecular formula is C9H12N4OS. The van der Waals surface area contributed by atoms with Crippen molar-refractivity contribution in [1.29, 1.82) is 5.26 Å². The first-order valence-corrected chi connectivity index (χ1v) is 5.53. The lowest BCUT2D eigenvalue weighted by Crippen LogP contribution is -2.41. The third kappa shape index (κ3) is 2.65. The summed E-state index contributed by atoms with van der Waals surface area (Å²) in [6.45, 7) is 2.94. The first kappa shape index (κ1) is 10.4.